The second kappa shape index (κ2) is 7.39. The second-order valence-corrected chi connectivity index (χ2v) is 5.32. The molecule has 2 atom stereocenters. The smallest absolute Gasteiger partial charge is 0.0991 e. The lowest BCUT2D eigenvalue weighted by molar-refractivity contribution is 0.100. The van der Waals surface area contributed by atoms with Gasteiger partial charge in [-0.05, 0) is 43.5 Å². The van der Waals surface area contributed by atoms with Gasteiger partial charge in [0.2, 0.25) is 0 Å². The van der Waals surface area contributed by atoms with Crippen LogP contribution in [0.15, 0.2) is 24.3 Å². The molecule has 1 aliphatic rings. The molecule has 20 heavy (non-hydrogen) atoms. The molecular weight excluding hydrogens is 252 g/mol. The predicted octanol–water partition coefficient (Wildman–Crippen LogP) is 1.95. The molecule has 1 aromatic rings. The summed E-state index contributed by atoms with van der Waals surface area (Å²) in [5.74, 6) is 0.586. The van der Waals surface area contributed by atoms with Gasteiger partial charge < -0.3 is 14.7 Å². The van der Waals surface area contributed by atoms with E-state index in [0.29, 0.717) is 18.0 Å². The van der Waals surface area contributed by atoms with E-state index < -0.39 is 6.10 Å². The Morgan fingerprint density at radius 3 is 2.85 bits per heavy atom. The van der Waals surface area contributed by atoms with Crippen molar-refractivity contribution >= 4 is 0 Å². The molecule has 0 amide bonds. The van der Waals surface area contributed by atoms with Crippen LogP contribution in [0.5, 0.6) is 0 Å². The molecule has 0 aliphatic carbocycles. The summed E-state index contributed by atoms with van der Waals surface area (Å²) in [7, 11) is 0. The fourth-order valence-electron chi connectivity index (χ4n) is 2.63. The number of benzene rings is 1. The second-order valence-electron chi connectivity index (χ2n) is 5.32. The van der Waals surface area contributed by atoms with E-state index in [1.54, 1.807) is 12.1 Å². The quantitative estimate of drug-likeness (QED) is 0.861. The molecule has 1 aliphatic heterocycles. The lowest BCUT2D eigenvalue weighted by atomic mass is 10.1. The Morgan fingerprint density at radius 1 is 1.45 bits per heavy atom. The maximum absolute atomic E-state index is 10.3. The third-order valence-corrected chi connectivity index (χ3v) is 3.78. The van der Waals surface area contributed by atoms with Gasteiger partial charge in [0.25, 0.3) is 0 Å². The van der Waals surface area contributed by atoms with Crippen molar-refractivity contribution < 1.29 is 9.84 Å². The monoisotopic (exact) mass is 274 g/mol. The number of aliphatic hydroxyl groups is 1. The number of nitriles is 1. The van der Waals surface area contributed by atoms with Gasteiger partial charge in [0.05, 0.1) is 24.3 Å². The molecular formula is C16H22N2O2. The lowest BCUT2D eigenvalue weighted by Gasteiger charge is -2.20. The van der Waals surface area contributed by atoms with Gasteiger partial charge in [-0.3, -0.25) is 0 Å². The van der Waals surface area contributed by atoms with Crippen molar-refractivity contribution in [1.29, 1.82) is 5.26 Å². The number of rotatable bonds is 6. The van der Waals surface area contributed by atoms with E-state index in [-0.39, 0.29) is 0 Å². The molecule has 108 valence electrons. The number of aliphatic hydroxyl groups excluding tert-OH is 1. The Labute approximate surface area is 120 Å². The Morgan fingerprint density at radius 2 is 2.20 bits per heavy atom. The fourth-order valence-corrected chi connectivity index (χ4v) is 2.63. The van der Waals surface area contributed by atoms with Gasteiger partial charge in [-0.25, -0.2) is 0 Å². The molecule has 1 fully saturated rings. The Balaban J connectivity index is 1.82. The van der Waals surface area contributed by atoms with Gasteiger partial charge >= 0.3 is 0 Å². The van der Waals surface area contributed by atoms with Crippen molar-refractivity contribution in [1.82, 2.24) is 4.90 Å². The van der Waals surface area contributed by atoms with Crippen LogP contribution >= 0.6 is 0 Å². The molecule has 2 unspecified atom stereocenters. The van der Waals surface area contributed by atoms with Crippen LogP contribution < -0.4 is 0 Å². The van der Waals surface area contributed by atoms with Gasteiger partial charge in [0.15, 0.2) is 0 Å². The normalized spacial score (nSPS) is 20.8. The molecule has 1 N–H and O–H groups in total. The van der Waals surface area contributed by atoms with Crippen LogP contribution in [0.3, 0.4) is 0 Å². The average Bonchev–Trinajstić information content (AvgIpc) is 2.92. The maximum Gasteiger partial charge on any atom is 0.0991 e. The summed E-state index contributed by atoms with van der Waals surface area (Å²) in [6.45, 7) is 6.26. The minimum Gasteiger partial charge on any atom is -0.387 e. The predicted molar refractivity (Wildman–Crippen MR) is 77.2 cm³/mol. The molecule has 0 spiro atoms. The Bertz CT molecular complexity index is 453. The van der Waals surface area contributed by atoms with Crippen LogP contribution in [-0.2, 0) is 4.74 Å². The topological polar surface area (TPSA) is 56.5 Å². The first-order valence-electron chi connectivity index (χ1n) is 7.21. The average molecular weight is 274 g/mol. The van der Waals surface area contributed by atoms with E-state index in [1.807, 2.05) is 19.1 Å². The van der Waals surface area contributed by atoms with Gasteiger partial charge in [-0.2, -0.15) is 5.26 Å². The first-order chi connectivity index (χ1) is 9.72. The van der Waals surface area contributed by atoms with Gasteiger partial charge in [-0.1, -0.05) is 12.1 Å². The molecule has 4 nitrogen and oxygen atoms in total. The van der Waals surface area contributed by atoms with Gasteiger partial charge in [-0.15, -0.1) is 0 Å². The number of hydrogen-bond acceptors (Lipinski definition) is 4. The van der Waals surface area contributed by atoms with Crippen LogP contribution in [0.4, 0.5) is 0 Å². The number of likely N-dealkylation sites (tertiary alicyclic amines) is 1. The van der Waals surface area contributed by atoms with Crippen LogP contribution in [-0.4, -0.2) is 42.9 Å². The molecule has 1 heterocycles. The zero-order valence-corrected chi connectivity index (χ0v) is 12.0. The summed E-state index contributed by atoms with van der Waals surface area (Å²) in [5, 5.41) is 19.0. The summed E-state index contributed by atoms with van der Waals surface area (Å²) in [5.41, 5.74) is 1.50. The van der Waals surface area contributed by atoms with E-state index in [4.69, 9.17) is 10.00 Å². The van der Waals surface area contributed by atoms with E-state index in [9.17, 15) is 5.11 Å². The first kappa shape index (κ1) is 15.0. The summed E-state index contributed by atoms with van der Waals surface area (Å²) in [4.78, 5) is 2.28. The van der Waals surface area contributed by atoms with E-state index in [1.165, 1.54) is 0 Å². The number of hydrogen-bond donors (Lipinski definition) is 1. The summed E-state index contributed by atoms with van der Waals surface area (Å²) >= 11 is 0. The highest BCUT2D eigenvalue weighted by Crippen LogP contribution is 2.21. The third kappa shape index (κ3) is 4.04. The molecule has 1 aromatic carbocycles. The zero-order chi connectivity index (χ0) is 14.4. The molecule has 0 bridgehead atoms. The van der Waals surface area contributed by atoms with Crippen molar-refractivity contribution in [2.24, 2.45) is 5.92 Å². The van der Waals surface area contributed by atoms with Crippen molar-refractivity contribution in [3.63, 3.8) is 0 Å². The zero-order valence-electron chi connectivity index (χ0n) is 12.0. The fraction of sp³-hybridized carbons (Fsp3) is 0.562. The standard InChI is InChI=1S/C16H22N2O2/c1-2-20-12-14-7-8-18(10-14)11-16(19)15-5-3-13(9-17)4-6-15/h3-6,14,16,19H,2,7-8,10-12H2,1H3. The van der Waals surface area contributed by atoms with Crippen molar-refractivity contribution in [2.45, 2.75) is 19.4 Å². The van der Waals surface area contributed by atoms with Crippen LogP contribution in [0.2, 0.25) is 0 Å². The summed E-state index contributed by atoms with van der Waals surface area (Å²) in [6, 6.07) is 9.25. The molecule has 0 aromatic heterocycles. The van der Waals surface area contributed by atoms with Crippen LogP contribution in [0.1, 0.15) is 30.6 Å². The van der Waals surface area contributed by atoms with Crippen molar-refractivity contribution in [3.05, 3.63) is 35.4 Å². The molecule has 2 rings (SSSR count). The Kier molecular flexibility index (Phi) is 5.54. The van der Waals surface area contributed by atoms with Gasteiger partial charge in [0.1, 0.15) is 0 Å². The molecule has 1 saturated heterocycles. The number of β-amino-alcohol motifs (C(OH)–C–C–N with tert-alkyl or cyclic N) is 1. The SMILES string of the molecule is CCOCC1CCN(CC(O)c2ccc(C#N)cc2)C1. The number of nitrogens with zero attached hydrogens (tertiary/aromatic N) is 2. The third-order valence-electron chi connectivity index (χ3n) is 3.78. The minimum absolute atomic E-state index is 0.492. The Hall–Kier alpha value is -1.41. The van der Waals surface area contributed by atoms with E-state index in [0.717, 1.165) is 38.3 Å². The highest BCUT2D eigenvalue weighted by molar-refractivity contribution is 5.32. The van der Waals surface area contributed by atoms with Crippen LogP contribution in [0.25, 0.3) is 0 Å². The van der Waals surface area contributed by atoms with E-state index in [2.05, 4.69) is 11.0 Å². The van der Waals surface area contributed by atoms with Crippen molar-refractivity contribution in [2.75, 3.05) is 32.8 Å². The largest absolute Gasteiger partial charge is 0.387 e. The van der Waals surface area contributed by atoms with Crippen LogP contribution in [0, 0.1) is 17.2 Å². The molecule has 4 heteroatoms. The first-order valence-corrected chi connectivity index (χ1v) is 7.21. The minimum atomic E-state index is -0.492. The van der Waals surface area contributed by atoms with Crippen molar-refractivity contribution in [3.8, 4) is 6.07 Å². The van der Waals surface area contributed by atoms with E-state index >= 15 is 0 Å². The maximum atomic E-state index is 10.3. The summed E-state index contributed by atoms with van der Waals surface area (Å²) < 4.78 is 5.46. The molecule has 0 saturated carbocycles. The lowest BCUT2D eigenvalue weighted by Crippen LogP contribution is -2.27. The highest BCUT2D eigenvalue weighted by atomic mass is 16.5. The highest BCUT2D eigenvalue weighted by Gasteiger charge is 2.24. The summed E-state index contributed by atoms with van der Waals surface area (Å²) in [6.07, 6.45) is 0.647. The van der Waals surface area contributed by atoms with Gasteiger partial charge in [0, 0.05) is 19.7 Å². The molecule has 0 radical (unpaired) electrons. The number of ether oxygens (including phenoxy) is 1.